The highest BCUT2D eigenvalue weighted by Crippen LogP contribution is 2.30. The molecule has 27 heavy (non-hydrogen) atoms. The van der Waals surface area contributed by atoms with Crippen molar-refractivity contribution in [1.29, 1.82) is 0 Å². The number of hydrogen-bond acceptors (Lipinski definition) is 5. The zero-order chi connectivity index (χ0) is 19.8. The van der Waals surface area contributed by atoms with Gasteiger partial charge in [0, 0.05) is 44.2 Å². The molecule has 0 aliphatic heterocycles. The molecule has 8 nitrogen and oxygen atoms in total. The topological polar surface area (TPSA) is 75.9 Å². The Morgan fingerprint density at radius 3 is 2.67 bits per heavy atom. The van der Waals surface area contributed by atoms with Crippen LogP contribution in [-0.4, -0.2) is 62.0 Å². The average Bonchev–Trinajstić information content (AvgIpc) is 3.07. The molecule has 0 bridgehead atoms. The molecule has 0 fully saturated rings. The largest absolute Gasteiger partial charge is 0.493 e. The lowest BCUT2D eigenvalue weighted by Crippen LogP contribution is -2.37. The molecule has 0 aliphatic rings. The van der Waals surface area contributed by atoms with Crippen molar-refractivity contribution in [2.75, 3.05) is 46.7 Å². The van der Waals surface area contributed by atoms with Gasteiger partial charge in [0.25, 0.3) is 0 Å². The van der Waals surface area contributed by atoms with E-state index in [1.54, 1.807) is 14.2 Å². The molecule has 0 amide bonds. The van der Waals surface area contributed by atoms with Gasteiger partial charge in [-0.15, -0.1) is 0 Å². The summed E-state index contributed by atoms with van der Waals surface area (Å²) in [5.74, 6) is 2.08. The van der Waals surface area contributed by atoms with Gasteiger partial charge in [0.2, 0.25) is 0 Å². The molecule has 0 radical (unpaired) electrons. The molecule has 2 N–H and O–H groups in total. The SMILES string of the molecule is CCOc1cc(NC(=NC)NCC(c2cnn(C)c2)N(C)C)ccc1OC. The minimum absolute atomic E-state index is 0.173. The van der Waals surface area contributed by atoms with Crippen LogP contribution in [0.15, 0.2) is 35.6 Å². The van der Waals surface area contributed by atoms with Crippen molar-refractivity contribution in [1.82, 2.24) is 20.0 Å². The number of nitrogens with one attached hydrogen (secondary N) is 2. The Bertz CT molecular complexity index is 756. The molecule has 0 saturated carbocycles. The second-order valence-corrected chi connectivity index (χ2v) is 6.30. The lowest BCUT2D eigenvalue weighted by Gasteiger charge is -2.24. The van der Waals surface area contributed by atoms with Crippen LogP contribution in [0.4, 0.5) is 5.69 Å². The molecule has 8 heteroatoms. The number of rotatable bonds is 8. The lowest BCUT2D eigenvalue weighted by molar-refractivity contribution is 0.298. The normalized spacial score (nSPS) is 12.8. The quantitative estimate of drug-likeness (QED) is 0.545. The van der Waals surface area contributed by atoms with E-state index < -0.39 is 0 Å². The third-order valence-corrected chi connectivity index (χ3v) is 4.15. The van der Waals surface area contributed by atoms with Crippen LogP contribution in [0.5, 0.6) is 11.5 Å². The summed E-state index contributed by atoms with van der Waals surface area (Å²) in [5.41, 5.74) is 2.02. The van der Waals surface area contributed by atoms with Gasteiger partial charge in [0.05, 0.1) is 26.0 Å². The van der Waals surface area contributed by atoms with Gasteiger partial charge in [0.15, 0.2) is 17.5 Å². The average molecular weight is 374 g/mol. The number of benzene rings is 1. The zero-order valence-electron chi connectivity index (χ0n) is 17.0. The van der Waals surface area contributed by atoms with Crippen molar-refractivity contribution in [2.45, 2.75) is 13.0 Å². The maximum absolute atomic E-state index is 5.63. The zero-order valence-corrected chi connectivity index (χ0v) is 17.0. The van der Waals surface area contributed by atoms with Crippen molar-refractivity contribution >= 4 is 11.6 Å². The van der Waals surface area contributed by atoms with E-state index in [9.17, 15) is 0 Å². The Balaban J connectivity index is 2.06. The molecule has 1 atom stereocenters. The van der Waals surface area contributed by atoms with E-state index in [1.165, 1.54) is 0 Å². The Kier molecular flexibility index (Phi) is 7.48. The van der Waals surface area contributed by atoms with Crippen LogP contribution < -0.4 is 20.1 Å². The molecule has 0 spiro atoms. The van der Waals surface area contributed by atoms with Crippen molar-refractivity contribution in [2.24, 2.45) is 12.0 Å². The minimum Gasteiger partial charge on any atom is -0.493 e. The Labute approximate surface area is 161 Å². The van der Waals surface area contributed by atoms with Gasteiger partial charge in [-0.25, -0.2) is 0 Å². The summed E-state index contributed by atoms with van der Waals surface area (Å²) < 4.78 is 12.8. The Hall–Kier alpha value is -2.74. The number of aliphatic imine (C=N–C) groups is 1. The summed E-state index contributed by atoms with van der Waals surface area (Å²) in [4.78, 5) is 6.47. The highest BCUT2D eigenvalue weighted by molar-refractivity contribution is 5.93. The second-order valence-electron chi connectivity index (χ2n) is 6.30. The molecule has 1 aromatic heterocycles. The minimum atomic E-state index is 0.173. The standard InChI is InChI=1S/C19H30N6O2/c1-7-27-18-10-15(8-9-17(18)26-6)23-19(20-2)21-12-16(24(3)4)14-11-22-25(5)13-14/h8-11,13,16H,7,12H2,1-6H3,(H2,20,21,23). The molecule has 1 heterocycles. The number of methoxy groups -OCH3 is 1. The van der Waals surface area contributed by atoms with Crippen LogP contribution in [0.25, 0.3) is 0 Å². The van der Waals surface area contributed by atoms with E-state index in [0.29, 0.717) is 30.6 Å². The first-order valence-electron chi connectivity index (χ1n) is 8.92. The monoisotopic (exact) mass is 374 g/mol. The number of ether oxygens (including phenoxy) is 2. The highest BCUT2D eigenvalue weighted by Gasteiger charge is 2.16. The maximum Gasteiger partial charge on any atom is 0.195 e. The first-order chi connectivity index (χ1) is 13.0. The van der Waals surface area contributed by atoms with Crippen molar-refractivity contribution in [3.05, 3.63) is 36.2 Å². The molecule has 1 unspecified atom stereocenters. The summed E-state index contributed by atoms with van der Waals surface area (Å²) in [6.45, 7) is 3.20. The first kappa shape index (κ1) is 20.6. The number of guanidine groups is 1. The van der Waals surface area contributed by atoms with Crippen molar-refractivity contribution in [3.8, 4) is 11.5 Å². The van der Waals surface area contributed by atoms with E-state index in [4.69, 9.17) is 9.47 Å². The molecule has 2 rings (SSSR count). The summed E-state index contributed by atoms with van der Waals surface area (Å²) in [7, 11) is 9.40. The van der Waals surface area contributed by atoms with Crippen LogP contribution in [-0.2, 0) is 7.05 Å². The number of aromatic nitrogens is 2. The number of anilines is 1. The van der Waals surface area contributed by atoms with Gasteiger partial charge >= 0.3 is 0 Å². The van der Waals surface area contributed by atoms with Crippen molar-refractivity contribution < 1.29 is 9.47 Å². The van der Waals surface area contributed by atoms with Gasteiger partial charge in [-0.3, -0.25) is 9.67 Å². The van der Waals surface area contributed by atoms with E-state index in [0.717, 1.165) is 11.3 Å². The van der Waals surface area contributed by atoms with Gasteiger partial charge in [-0.2, -0.15) is 5.10 Å². The lowest BCUT2D eigenvalue weighted by atomic mass is 10.1. The predicted octanol–water partition coefficient (Wildman–Crippen LogP) is 2.12. The third kappa shape index (κ3) is 5.62. The van der Waals surface area contributed by atoms with Gasteiger partial charge in [-0.05, 0) is 33.2 Å². The summed E-state index contributed by atoms with van der Waals surface area (Å²) in [6.07, 6.45) is 3.92. The van der Waals surface area contributed by atoms with Crippen LogP contribution in [0, 0.1) is 0 Å². The Morgan fingerprint density at radius 1 is 1.33 bits per heavy atom. The van der Waals surface area contributed by atoms with E-state index in [2.05, 4.69) is 25.6 Å². The van der Waals surface area contributed by atoms with E-state index in [1.807, 2.05) is 63.3 Å². The fourth-order valence-electron chi connectivity index (χ4n) is 2.74. The predicted molar refractivity (Wildman–Crippen MR) is 109 cm³/mol. The first-order valence-corrected chi connectivity index (χ1v) is 8.92. The summed E-state index contributed by atoms with van der Waals surface area (Å²) in [5, 5.41) is 10.9. The smallest absolute Gasteiger partial charge is 0.195 e. The van der Waals surface area contributed by atoms with E-state index in [-0.39, 0.29) is 6.04 Å². The van der Waals surface area contributed by atoms with Crippen molar-refractivity contribution in [3.63, 3.8) is 0 Å². The number of likely N-dealkylation sites (N-methyl/N-ethyl adjacent to an activating group) is 1. The third-order valence-electron chi connectivity index (χ3n) is 4.15. The summed E-state index contributed by atoms with van der Waals surface area (Å²) >= 11 is 0. The number of hydrogen-bond donors (Lipinski definition) is 2. The van der Waals surface area contributed by atoms with Gasteiger partial charge in [0.1, 0.15) is 0 Å². The molecular weight excluding hydrogens is 344 g/mol. The fraction of sp³-hybridized carbons (Fsp3) is 0.474. The Morgan fingerprint density at radius 2 is 2.11 bits per heavy atom. The molecule has 0 aliphatic carbocycles. The highest BCUT2D eigenvalue weighted by atomic mass is 16.5. The molecule has 2 aromatic rings. The second kappa shape index (κ2) is 9.82. The van der Waals surface area contributed by atoms with E-state index >= 15 is 0 Å². The molecule has 1 aromatic carbocycles. The summed E-state index contributed by atoms with van der Waals surface area (Å²) in [6, 6.07) is 5.88. The maximum atomic E-state index is 5.63. The number of aryl methyl sites for hydroxylation is 1. The molecule has 0 saturated heterocycles. The fourth-order valence-corrected chi connectivity index (χ4v) is 2.74. The van der Waals surface area contributed by atoms with Gasteiger partial charge in [-0.1, -0.05) is 0 Å². The molecular formula is C19H30N6O2. The van der Waals surface area contributed by atoms with Crippen LogP contribution in [0.3, 0.4) is 0 Å². The van der Waals surface area contributed by atoms with Crippen LogP contribution >= 0.6 is 0 Å². The molecule has 148 valence electrons. The van der Waals surface area contributed by atoms with Gasteiger partial charge < -0.3 is 25.0 Å². The number of nitrogens with zero attached hydrogens (tertiary/aromatic N) is 4. The van der Waals surface area contributed by atoms with Crippen LogP contribution in [0.1, 0.15) is 18.5 Å². The van der Waals surface area contributed by atoms with Crippen LogP contribution in [0.2, 0.25) is 0 Å².